The van der Waals surface area contributed by atoms with Gasteiger partial charge in [-0.05, 0) is 36.1 Å². The molecule has 86 valence electrons. The third-order valence-electron chi connectivity index (χ3n) is 2.98. The van der Waals surface area contributed by atoms with Gasteiger partial charge in [-0.1, -0.05) is 6.07 Å². The normalized spacial score (nSPS) is 13.1. The fourth-order valence-electron chi connectivity index (χ4n) is 2.04. The van der Waals surface area contributed by atoms with Crippen LogP contribution in [0.4, 0.5) is 0 Å². The molecule has 0 amide bonds. The molecule has 3 nitrogen and oxygen atoms in total. The van der Waals surface area contributed by atoms with E-state index in [0.717, 1.165) is 11.1 Å². The summed E-state index contributed by atoms with van der Waals surface area (Å²) in [6.07, 6.45) is 3.80. The second-order valence-corrected chi connectivity index (χ2v) is 5.02. The zero-order valence-electron chi connectivity index (χ0n) is 9.50. The zero-order valence-corrected chi connectivity index (χ0v) is 10.3. The molecule has 0 saturated heterocycles. The Hall–Kier alpha value is -1.65. The second-order valence-electron chi connectivity index (χ2n) is 4.08. The van der Waals surface area contributed by atoms with Crippen molar-refractivity contribution < 1.29 is 0 Å². The Morgan fingerprint density at radius 3 is 3.00 bits per heavy atom. The number of hydrogen-bond donors (Lipinski definition) is 1. The van der Waals surface area contributed by atoms with Crippen LogP contribution in [0.25, 0.3) is 5.52 Å². The highest BCUT2D eigenvalue weighted by molar-refractivity contribution is 7.10. The van der Waals surface area contributed by atoms with Gasteiger partial charge in [0, 0.05) is 16.6 Å². The van der Waals surface area contributed by atoms with Crippen LogP contribution in [0.5, 0.6) is 0 Å². The molecule has 3 heterocycles. The number of thiophene rings is 1. The summed E-state index contributed by atoms with van der Waals surface area (Å²) in [5, 5.41) is 6.40. The van der Waals surface area contributed by atoms with Crippen molar-refractivity contribution in [2.75, 3.05) is 0 Å². The topological polar surface area (TPSA) is 43.3 Å². The van der Waals surface area contributed by atoms with Crippen LogP contribution in [-0.2, 0) is 0 Å². The SMILES string of the molecule is Cc1ccsc1C(N)c1cnn2ccccc12. The molecule has 1 unspecified atom stereocenters. The van der Waals surface area contributed by atoms with Crippen LogP contribution in [0.15, 0.2) is 42.0 Å². The van der Waals surface area contributed by atoms with E-state index < -0.39 is 0 Å². The minimum atomic E-state index is -0.0881. The molecule has 0 aromatic carbocycles. The molecule has 3 aromatic rings. The van der Waals surface area contributed by atoms with E-state index in [1.54, 1.807) is 11.3 Å². The number of pyridine rings is 1. The van der Waals surface area contributed by atoms with Crippen LogP contribution in [0.2, 0.25) is 0 Å². The molecule has 2 N–H and O–H groups in total. The van der Waals surface area contributed by atoms with Gasteiger partial charge in [0.1, 0.15) is 0 Å². The highest BCUT2D eigenvalue weighted by Gasteiger charge is 2.16. The van der Waals surface area contributed by atoms with Crippen LogP contribution >= 0.6 is 11.3 Å². The zero-order chi connectivity index (χ0) is 11.8. The van der Waals surface area contributed by atoms with Crippen LogP contribution in [0.3, 0.4) is 0 Å². The average molecular weight is 243 g/mol. The number of nitrogens with two attached hydrogens (primary N) is 1. The lowest BCUT2D eigenvalue weighted by Gasteiger charge is -2.09. The van der Waals surface area contributed by atoms with E-state index in [1.807, 2.05) is 35.1 Å². The van der Waals surface area contributed by atoms with Crippen LogP contribution in [-0.4, -0.2) is 9.61 Å². The quantitative estimate of drug-likeness (QED) is 0.752. The van der Waals surface area contributed by atoms with Crippen molar-refractivity contribution in [3.05, 3.63) is 58.0 Å². The molecule has 0 spiro atoms. The van der Waals surface area contributed by atoms with E-state index in [0.29, 0.717) is 0 Å². The maximum atomic E-state index is 6.33. The van der Waals surface area contributed by atoms with Gasteiger partial charge in [-0.3, -0.25) is 0 Å². The molecule has 0 saturated carbocycles. The van der Waals surface area contributed by atoms with Gasteiger partial charge in [-0.2, -0.15) is 5.10 Å². The molecule has 0 fully saturated rings. The van der Waals surface area contributed by atoms with Gasteiger partial charge < -0.3 is 5.73 Å². The van der Waals surface area contributed by atoms with Gasteiger partial charge in [-0.15, -0.1) is 11.3 Å². The van der Waals surface area contributed by atoms with Crippen molar-refractivity contribution in [2.45, 2.75) is 13.0 Å². The minimum absolute atomic E-state index is 0.0881. The van der Waals surface area contributed by atoms with Crippen molar-refractivity contribution in [3.8, 4) is 0 Å². The Morgan fingerprint density at radius 2 is 2.24 bits per heavy atom. The second kappa shape index (κ2) is 3.98. The summed E-state index contributed by atoms with van der Waals surface area (Å²) in [7, 11) is 0. The first kappa shape index (κ1) is 10.5. The van der Waals surface area contributed by atoms with E-state index in [4.69, 9.17) is 5.73 Å². The number of hydrogen-bond acceptors (Lipinski definition) is 3. The Bertz CT molecular complexity index is 653. The van der Waals surface area contributed by atoms with E-state index in [9.17, 15) is 0 Å². The summed E-state index contributed by atoms with van der Waals surface area (Å²) in [4.78, 5) is 1.21. The van der Waals surface area contributed by atoms with Gasteiger partial charge in [-0.25, -0.2) is 4.52 Å². The summed E-state index contributed by atoms with van der Waals surface area (Å²) in [5.74, 6) is 0. The lowest BCUT2D eigenvalue weighted by molar-refractivity contribution is 0.894. The van der Waals surface area contributed by atoms with Crippen molar-refractivity contribution in [1.29, 1.82) is 0 Å². The highest BCUT2D eigenvalue weighted by atomic mass is 32.1. The summed E-state index contributed by atoms with van der Waals surface area (Å²) >= 11 is 1.70. The van der Waals surface area contributed by atoms with Crippen molar-refractivity contribution in [2.24, 2.45) is 5.73 Å². The van der Waals surface area contributed by atoms with Crippen LogP contribution in [0.1, 0.15) is 22.0 Å². The first-order chi connectivity index (χ1) is 8.27. The molecule has 4 heteroatoms. The molecular weight excluding hydrogens is 230 g/mol. The predicted octanol–water partition coefficient (Wildman–Crippen LogP) is 2.75. The average Bonchev–Trinajstić information content (AvgIpc) is 2.94. The molecule has 1 atom stereocenters. The number of aromatic nitrogens is 2. The van der Waals surface area contributed by atoms with Crippen molar-refractivity contribution in [3.63, 3.8) is 0 Å². The highest BCUT2D eigenvalue weighted by Crippen LogP contribution is 2.29. The third kappa shape index (κ3) is 1.66. The minimum Gasteiger partial charge on any atom is -0.319 e. The van der Waals surface area contributed by atoms with E-state index in [1.165, 1.54) is 10.4 Å². The van der Waals surface area contributed by atoms with Gasteiger partial charge in [0.05, 0.1) is 17.8 Å². The molecule has 0 aliphatic carbocycles. The standard InChI is InChI=1S/C13H13N3S/c1-9-5-7-17-13(9)12(14)10-8-15-16-6-3-2-4-11(10)16/h2-8,12H,14H2,1H3. The Labute approximate surface area is 104 Å². The van der Waals surface area contributed by atoms with Crippen LogP contribution < -0.4 is 5.73 Å². The molecule has 0 bridgehead atoms. The third-order valence-corrected chi connectivity index (χ3v) is 4.08. The molecule has 0 aliphatic heterocycles. The van der Waals surface area contributed by atoms with E-state index in [-0.39, 0.29) is 6.04 Å². The van der Waals surface area contributed by atoms with E-state index >= 15 is 0 Å². The predicted molar refractivity (Wildman–Crippen MR) is 70.3 cm³/mol. The molecule has 3 rings (SSSR count). The van der Waals surface area contributed by atoms with Crippen LogP contribution in [0, 0.1) is 6.92 Å². The summed E-state index contributed by atoms with van der Waals surface area (Å²) in [6, 6.07) is 8.03. The number of aryl methyl sites for hydroxylation is 1. The molecular formula is C13H13N3S. The Balaban J connectivity index is 2.13. The first-order valence-electron chi connectivity index (χ1n) is 5.49. The summed E-state index contributed by atoms with van der Waals surface area (Å²) in [5.41, 5.74) is 9.73. The monoisotopic (exact) mass is 243 g/mol. The lowest BCUT2D eigenvalue weighted by atomic mass is 10.1. The van der Waals surface area contributed by atoms with Gasteiger partial charge in [0.25, 0.3) is 0 Å². The molecule has 3 aromatic heterocycles. The number of nitrogens with zero attached hydrogens (tertiary/aromatic N) is 2. The summed E-state index contributed by atoms with van der Waals surface area (Å²) in [6.45, 7) is 2.09. The fraction of sp³-hybridized carbons (Fsp3) is 0.154. The molecule has 0 radical (unpaired) electrons. The summed E-state index contributed by atoms with van der Waals surface area (Å²) < 4.78 is 1.86. The van der Waals surface area contributed by atoms with Crippen molar-refractivity contribution >= 4 is 16.9 Å². The Morgan fingerprint density at radius 1 is 1.35 bits per heavy atom. The van der Waals surface area contributed by atoms with Crippen molar-refractivity contribution in [1.82, 2.24) is 9.61 Å². The molecule has 0 aliphatic rings. The Kier molecular flexibility index (Phi) is 2.46. The lowest BCUT2D eigenvalue weighted by Crippen LogP contribution is -2.10. The van der Waals surface area contributed by atoms with E-state index in [2.05, 4.69) is 23.5 Å². The maximum Gasteiger partial charge on any atom is 0.0713 e. The number of fused-ring (bicyclic) bond motifs is 1. The fourth-order valence-corrected chi connectivity index (χ4v) is 2.98. The first-order valence-corrected chi connectivity index (χ1v) is 6.37. The largest absolute Gasteiger partial charge is 0.319 e. The molecule has 17 heavy (non-hydrogen) atoms. The maximum absolute atomic E-state index is 6.33. The van der Waals surface area contributed by atoms with Gasteiger partial charge in [0.15, 0.2) is 0 Å². The van der Waals surface area contributed by atoms with Gasteiger partial charge in [0.2, 0.25) is 0 Å². The number of rotatable bonds is 2. The smallest absolute Gasteiger partial charge is 0.0713 e. The van der Waals surface area contributed by atoms with Gasteiger partial charge >= 0.3 is 0 Å².